The van der Waals surface area contributed by atoms with Gasteiger partial charge in [0.15, 0.2) is 11.5 Å². The number of aliphatic hydroxyl groups is 2. The third-order valence-corrected chi connectivity index (χ3v) is 6.52. The molecule has 8 heteroatoms. The van der Waals surface area contributed by atoms with E-state index < -0.39 is 18.3 Å². The number of nitrogens with zero attached hydrogens (tertiary/aromatic N) is 1. The van der Waals surface area contributed by atoms with Crippen LogP contribution in [0.5, 0.6) is 17.2 Å². The fraction of sp³-hybridized carbons (Fsp3) is 0.423. The number of pyridine rings is 1. The van der Waals surface area contributed by atoms with Crippen molar-refractivity contribution >= 4 is 10.9 Å². The van der Waals surface area contributed by atoms with E-state index in [4.69, 9.17) is 18.9 Å². The van der Waals surface area contributed by atoms with E-state index in [9.17, 15) is 10.2 Å². The van der Waals surface area contributed by atoms with Crippen molar-refractivity contribution in [2.24, 2.45) is 0 Å². The summed E-state index contributed by atoms with van der Waals surface area (Å²) < 4.78 is 22.5. The minimum atomic E-state index is -1.09. The van der Waals surface area contributed by atoms with Gasteiger partial charge in [-0.1, -0.05) is 6.07 Å². The molecule has 4 atom stereocenters. The average molecular weight is 467 g/mol. The molecular formula is C26H30N2O6. The second kappa shape index (κ2) is 10.1. The number of hydrogen-bond acceptors (Lipinski definition) is 8. The van der Waals surface area contributed by atoms with Crippen molar-refractivity contribution in [3.63, 3.8) is 0 Å². The smallest absolute Gasteiger partial charge is 0.161 e. The van der Waals surface area contributed by atoms with Crippen molar-refractivity contribution in [2.75, 3.05) is 26.9 Å². The first-order chi connectivity index (χ1) is 16.6. The van der Waals surface area contributed by atoms with E-state index in [1.807, 2.05) is 36.4 Å². The topological polar surface area (TPSA) is 102 Å². The SMILES string of the molecule is COc1ccc2nccc(C(O)C(O)[C@@H]3CC[C@@H](NCc4ccc5c(c4)OCCO5)CO3)c2c1. The normalized spacial score (nSPS) is 21.7. The molecule has 5 rings (SSSR count). The Bertz CT molecular complexity index is 1130. The van der Waals surface area contributed by atoms with Gasteiger partial charge < -0.3 is 34.5 Å². The molecule has 3 heterocycles. The lowest BCUT2D eigenvalue weighted by atomic mass is 9.93. The van der Waals surface area contributed by atoms with Crippen molar-refractivity contribution in [1.29, 1.82) is 0 Å². The standard InChI is InChI=1S/C26H30N2O6/c1-31-18-4-5-21-20(13-18)19(8-9-27-21)25(29)26(30)23-7-3-17(15-34-23)28-14-16-2-6-22-24(12-16)33-11-10-32-22/h2,4-6,8-9,12-13,17,23,25-26,28-30H,3,7,10-11,14-15H2,1H3/t17-,23+,25?,26?/m1/s1. The Morgan fingerprint density at radius 2 is 1.91 bits per heavy atom. The van der Waals surface area contributed by atoms with Gasteiger partial charge in [0.05, 0.1) is 25.3 Å². The summed E-state index contributed by atoms with van der Waals surface area (Å²) >= 11 is 0. The van der Waals surface area contributed by atoms with Crippen LogP contribution >= 0.6 is 0 Å². The zero-order chi connectivity index (χ0) is 23.5. The largest absolute Gasteiger partial charge is 0.497 e. The van der Waals surface area contributed by atoms with Gasteiger partial charge in [-0.15, -0.1) is 0 Å². The molecule has 3 N–H and O–H groups in total. The molecule has 3 aromatic rings. The lowest BCUT2D eigenvalue weighted by molar-refractivity contribution is -0.114. The Morgan fingerprint density at radius 3 is 2.71 bits per heavy atom. The number of nitrogens with one attached hydrogen (secondary N) is 1. The number of fused-ring (bicyclic) bond motifs is 2. The van der Waals surface area contributed by atoms with Crippen LogP contribution in [0.2, 0.25) is 0 Å². The molecule has 2 aliphatic heterocycles. The molecule has 0 amide bonds. The van der Waals surface area contributed by atoms with Gasteiger partial charge in [-0.25, -0.2) is 0 Å². The fourth-order valence-electron chi connectivity index (χ4n) is 4.58. The summed E-state index contributed by atoms with van der Waals surface area (Å²) in [5.41, 5.74) is 2.46. The number of hydrogen-bond donors (Lipinski definition) is 3. The monoisotopic (exact) mass is 466 g/mol. The van der Waals surface area contributed by atoms with Crippen LogP contribution < -0.4 is 19.5 Å². The molecule has 2 aromatic carbocycles. The molecule has 2 unspecified atom stereocenters. The second-order valence-electron chi connectivity index (χ2n) is 8.72. The zero-order valence-electron chi connectivity index (χ0n) is 19.1. The molecule has 1 fully saturated rings. The molecule has 0 saturated carbocycles. The maximum atomic E-state index is 11.0. The van der Waals surface area contributed by atoms with Crippen molar-refractivity contribution in [1.82, 2.24) is 10.3 Å². The van der Waals surface area contributed by atoms with Crippen LogP contribution in [0, 0.1) is 0 Å². The molecule has 0 bridgehead atoms. The third-order valence-electron chi connectivity index (χ3n) is 6.52. The molecule has 0 spiro atoms. The van der Waals surface area contributed by atoms with Crippen LogP contribution in [0.4, 0.5) is 0 Å². The Hall–Kier alpha value is -2.91. The molecule has 1 aromatic heterocycles. The van der Waals surface area contributed by atoms with Crippen LogP contribution in [0.3, 0.4) is 0 Å². The van der Waals surface area contributed by atoms with Crippen molar-refractivity contribution in [3.8, 4) is 17.2 Å². The van der Waals surface area contributed by atoms with Gasteiger partial charge in [0, 0.05) is 24.2 Å². The van der Waals surface area contributed by atoms with Crippen LogP contribution in [0.15, 0.2) is 48.7 Å². The van der Waals surface area contributed by atoms with Gasteiger partial charge >= 0.3 is 0 Å². The van der Waals surface area contributed by atoms with E-state index in [0.717, 1.165) is 34.4 Å². The molecule has 8 nitrogen and oxygen atoms in total. The van der Waals surface area contributed by atoms with Crippen LogP contribution in [-0.4, -0.2) is 60.4 Å². The van der Waals surface area contributed by atoms with Crippen LogP contribution in [-0.2, 0) is 11.3 Å². The highest BCUT2D eigenvalue weighted by Crippen LogP contribution is 2.32. The first-order valence-corrected chi connectivity index (χ1v) is 11.6. The summed E-state index contributed by atoms with van der Waals surface area (Å²) in [6.45, 7) is 2.30. The molecule has 0 radical (unpaired) electrons. The fourth-order valence-corrected chi connectivity index (χ4v) is 4.58. The number of methoxy groups -OCH3 is 1. The van der Waals surface area contributed by atoms with Crippen molar-refractivity contribution in [3.05, 3.63) is 59.8 Å². The number of aliphatic hydroxyl groups excluding tert-OH is 2. The summed E-state index contributed by atoms with van der Waals surface area (Å²) in [7, 11) is 1.59. The first-order valence-electron chi connectivity index (χ1n) is 11.6. The predicted molar refractivity (Wildman–Crippen MR) is 126 cm³/mol. The minimum Gasteiger partial charge on any atom is -0.497 e. The number of benzene rings is 2. The van der Waals surface area contributed by atoms with Gasteiger partial charge in [0.25, 0.3) is 0 Å². The lowest BCUT2D eigenvalue weighted by Crippen LogP contribution is -2.45. The van der Waals surface area contributed by atoms with Gasteiger partial charge in [-0.2, -0.15) is 0 Å². The third kappa shape index (κ3) is 4.81. The highest BCUT2D eigenvalue weighted by Gasteiger charge is 2.33. The van der Waals surface area contributed by atoms with E-state index >= 15 is 0 Å². The summed E-state index contributed by atoms with van der Waals surface area (Å²) in [5, 5.41) is 26.2. The molecule has 34 heavy (non-hydrogen) atoms. The Kier molecular flexibility index (Phi) is 6.82. The van der Waals surface area contributed by atoms with Crippen LogP contribution in [0.25, 0.3) is 10.9 Å². The maximum Gasteiger partial charge on any atom is 0.161 e. The lowest BCUT2D eigenvalue weighted by Gasteiger charge is -2.34. The quantitative estimate of drug-likeness (QED) is 0.489. The summed E-state index contributed by atoms with van der Waals surface area (Å²) in [5.74, 6) is 2.24. The molecular weight excluding hydrogens is 436 g/mol. The second-order valence-corrected chi connectivity index (χ2v) is 8.72. The molecule has 2 aliphatic rings. The highest BCUT2D eigenvalue weighted by molar-refractivity contribution is 5.83. The van der Waals surface area contributed by atoms with Crippen molar-refractivity contribution in [2.45, 2.75) is 43.7 Å². The average Bonchev–Trinajstić information content (AvgIpc) is 2.90. The van der Waals surface area contributed by atoms with E-state index in [1.54, 1.807) is 19.4 Å². The van der Waals surface area contributed by atoms with E-state index in [2.05, 4.69) is 10.3 Å². The highest BCUT2D eigenvalue weighted by atomic mass is 16.6. The van der Waals surface area contributed by atoms with Gasteiger partial charge in [-0.05, 0) is 60.4 Å². The zero-order valence-corrected chi connectivity index (χ0v) is 19.1. The Morgan fingerprint density at radius 1 is 1.06 bits per heavy atom. The minimum absolute atomic E-state index is 0.166. The number of ether oxygens (including phenoxy) is 4. The van der Waals surface area contributed by atoms with Gasteiger partial charge in [0.2, 0.25) is 0 Å². The van der Waals surface area contributed by atoms with E-state index in [1.165, 1.54) is 0 Å². The Labute approximate surface area is 198 Å². The maximum absolute atomic E-state index is 11.0. The first kappa shape index (κ1) is 22.9. The molecule has 0 aliphatic carbocycles. The van der Waals surface area contributed by atoms with E-state index in [0.29, 0.717) is 44.1 Å². The van der Waals surface area contributed by atoms with Crippen molar-refractivity contribution < 1.29 is 29.2 Å². The number of rotatable bonds is 7. The van der Waals surface area contributed by atoms with Crippen LogP contribution in [0.1, 0.15) is 30.1 Å². The Balaban J connectivity index is 1.17. The summed E-state index contributed by atoms with van der Waals surface area (Å²) in [6, 6.07) is 13.4. The van der Waals surface area contributed by atoms with E-state index in [-0.39, 0.29) is 6.04 Å². The molecule has 1 saturated heterocycles. The summed E-state index contributed by atoms with van der Waals surface area (Å²) in [4.78, 5) is 4.35. The van der Waals surface area contributed by atoms with Gasteiger partial charge in [-0.3, -0.25) is 4.98 Å². The molecule has 180 valence electrons. The predicted octanol–water partition coefficient (Wildman–Crippen LogP) is 2.75. The number of aromatic nitrogens is 1. The van der Waals surface area contributed by atoms with Gasteiger partial charge in [0.1, 0.15) is 31.2 Å². The summed E-state index contributed by atoms with van der Waals surface area (Å²) in [6.07, 6.45) is 0.531.